The highest BCUT2D eigenvalue weighted by Gasteiger charge is 2.44. The SMILES string of the molecule is BCc1cc(OC(CS(=O)(=O)O)C(F)(F)F)cc(CB)c1O. The molecule has 11 heteroatoms. The van der Waals surface area contributed by atoms with E-state index in [0.717, 1.165) is 0 Å². The Bertz CT molecular complexity index is 608. The molecule has 2 N–H and O–H groups in total. The van der Waals surface area contributed by atoms with Crippen molar-refractivity contribution in [3.05, 3.63) is 23.3 Å². The van der Waals surface area contributed by atoms with Gasteiger partial charge in [-0.3, -0.25) is 4.55 Å². The average molecular weight is 338 g/mol. The molecule has 0 saturated carbocycles. The van der Waals surface area contributed by atoms with Gasteiger partial charge in [0.1, 0.15) is 32.9 Å². The number of phenolic OH excluding ortho intramolecular Hbond substituents is 1. The van der Waals surface area contributed by atoms with Crippen LogP contribution in [0.25, 0.3) is 0 Å². The number of hydrogen-bond donors (Lipinski definition) is 2. The zero-order valence-corrected chi connectivity index (χ0v) is 12.8. The van der Waals surface area contributed by atoms with Crippen molar-refractivity contribution < 1.29 is 36.0 Å². The van der Waals surface area contributed by atoms with Crippen LogP contribution in [0.3, 0.4) is 0 Å². The van der Waals surface area contributed by atoms with E-state index in [0.29, 0.717) is 23.8 Å². The molecule has 0 aliphatic rings. The highest BCUT2D eigenvalue weighted by atomic mass is 32.2. The Morgan fingerprint density at radius 3 is 1.95 bits per heavy atom. The number of aromatic hydroxyl groups is 1. The van der Waals surface area contributed by atoms with Crippen LogP contribution in [0.5, 0.6) is 11.5 Å². The molecule has 0 fully saturated rings. The predicted molar refractivity (Wildman–Crippen MR) is 79.5 cm³/mol. The lowest BCUT2D eigenvalue weighted by molar-refractivity contribution is -0.188. The minimum Gasteiger partial charge on any atom is -0.507 e. The fraction of sp³-hybridized carbons (Fsp3) is 0.455. The van der Waals surface area contributed by atoms with Crippen molar-refractivity contribution in [3.63, 3.8) is 0 Å². The lowest BCUT2D eigenvalue weighted by Gasteiger charge is -2.22. The van der Waals surface area contributed by atoms with Gasteiger partial charge in [-0.1, -0.05) is 12.6 Å². The first-order valence-electron chi connectivity index (χ1n) is 6.51. The summed E-state index contributed by atoms with van der Waals surface area (Å²) < 4.78 is 73.3. The van der Waals surface area contributed by atoms with Gasteiger partial charge in [0.05, 0.1) is 0 Å². The second-order valence-corrected chi connectivity index (χ2v) is 6.19. The third kappa shape index (κ3) is 5.13. The largest absolute Gasteiger partial charge is 0.507 e. The maximum Gasteiger partial charge on any atom is 0.426 e. The van der Waals surface area contributed by atoms with Gasteiger partial charge >= 0.3 is 6.18 Å². The van der Waals surface area contributed by atoms with Gasteiger partial charge in [-0.05, 0) is 23.3 Å². The van der Waals surface area contributed by atoms with Crippen LogP contribution in [0.1, 0.15) is 11.1 Å². The number of hydrogen-bond acceptors (Lipinski definition) is 4. The van der Waals surface area contributed by atoms with E-state index in [1.807, 2.05) is 0 Å². The Morgan fingerprint density at radius 1 is 1.18 bits per heavy atom. The number of phenols is 1. The fourth-order valence-electron chi connectivity index (χ4n) is 1.89. The van der Waals surface area contributed by atoms with E-state index in [1.54, 1.807) is 15.7 Å². The molecule has 0 aliphatic heterocycles. The number of ether oxygens (including phenoxy) is 1. The lowest BCUT2D eigenvalue weighted by Crippen LogP contribution is -2.40. The molecular formula is C11H15B2F3O5S. The minimum absolute atomic E-state index is 0.0179. The quantitative estimate of drug-likeness (QED) is 0.557. The second kappa shape index (κ2) is 6.82. The molecule has 0 amide bonds. The molecule has 0 saturated heterocycles. The Balaban J connectivity index is 3.18. The molecule has 5 nitrogen and oxygen atoms in total. The summed E-state index contributed by atoms with van der Waals surface area (Å²) in [6.45, 7) is 0. The first-order valence-corrected chi connectivity index (χ1v) is 8.12. The van der Waals surface area contributed by atoms with Crippen molar-refractivity contribution in [2.45, 2.75) is 24.9 Å². The molecule has 0 heterocycles. The first-order chi connectivity index (χ1) is 9.97. The van der Waals surface area contributed by atoms with E-state index in [1.165, 1.54) is 12.1 Å². The topological polar surface area (TPSA) is 83.8 Å². The number of benzene rings is 1. The standard InChI is InChI=1S/C11H15B2F3O5S/c12-3-6-1-8(2-7(4-13)10(6)17)21-9(11(14,15)16)5-22(18,19)20/h1-2,9,17H,3-5,12-13H2,(H,18,19,20). The van der Waals surface area contributed by atoms with E-state index in [2.05, 4.69) is 0 Å². The van der Waals surface area contributed by atoms with Gasteiger partial charge < -0.3 is 9.84 Å². The smallest absolute Gasteiger partial charge is 0.426 e. The van der Waals surface area contributed by atoms with E-state index in [4.69, 9.17) is 9.29 Å². The molecule has 22 heavy (non-hydrogen) atoms. The lowest BCUT2D eigenvalue weighted by atomic mass is 9.89. The zero-order chi connectivity index (χ0) is 17.1. The van der Waals surface area contributed by atoms with Gasteiger partial charge in [0.2, 0.25) is 6.10 Å². The molecule has 0 spiro atoms. The Hall–Kier alpha value is -1.35. The minimum atomic E-state index is -4.97. The summed E-state index contributed by atoms with van der Waals surface area (Å²) in [6.07, 6.45) is -6.93. The molecule has 1 rings (SSSR count). The van der Waals surface area contributed by atoms with Crippen LogP contribution in [0.2, 0.25) is 0 Å². The summed E-state index contributed by atoms with van der Waals surface area (Å²) in [7, 11) is -1.45. The maximum atomic E-state index is 12.8. The van der Waals surface area contributed by atoms with Crippen LogP contribution < -0.4 is 4.74 Å². The Kier molecular flexibility index (Phi) is 5.80. The summed E-state index contributed by atoms with van der Waals surface area (Å²) in [5.74, 6) is -1.83. The molecule has 0 aliphatic carbocycles. The average Bonchev–Trinajstić information content (AvgIpc) is 2.37. The fourth-order valence-corrected chi connectivity index (χ4v) is 2.53. The van der Waals surface area contributed by atoms with Crippen molar-refractivity contribution in [1.29, 1.82) is 0 Å². The van der Waals surface area contributed by atoms with Gasteiger partial charge in [-0.15, -0.1) is 0 Å². The van der Waals surface area contributed by atoms with Crippen LogP contribution in [-0.4, -0.2) is 51.8 Å². The predicted octanol–water partition coefficient (Wildman–Crippen LogP) is -0.144. The third-order valence-corrected chi connectivity index (χ3v) is 3.73. The van der Waals surface area contributed by atoms with Crippen LogP contribution in [0.4, 0.5) is 13.2 Å². The van der Waals surface area contributed by atoms with Crippen LogP contribution >= 0.6 is 0 Å². The van der Waals surface area contributed by atoms with Gasteiger partial charge in [0.15, 0.2) is 0 Å². The Morgan fingerprint density at radius 2 is 1.64 bits per heavy atom. The molecular weight excluding hydrogens is 323 g/mol. The molecule has 1 aromatic carbocycles. The number of alkyl halides is 3. The van der Waals surface area contributed by atoms with Crippen LogP contribution in [0, 0.1) is 0 Å². The molecule has 1 aromatic rings. The Labute approximate surface area is 128 Å². The molecule has 122 valence electrons. The summed E-state index contributed by atoms with van der Waals surface area (Å²) in [4.78, 5) is 0. The molecule has 1 unspecified atom stereocenters. The van der Waals surface area contributed by atoms with Crippen molar-refractivity contribution in [2.24, 2.45) is 0 Å². The van der Waals surface area contributed by atoms with Gasteiger partial charge in [-0.2, -0.15) is 21.6 Å². The normalized spacial score (nSPS) is 13.8. The summed E-state index contributed by atoms with van der Waals surface area (Å²) in [5, 5.41) is 9.88. The summed E-state index contributed by atoms with van der Waals surface area (Å²) in [5.41, 5.74) is 0.782. The van der Waals surface area contributed by atoms with E-state index >= 15 is 0 Å². The zero-order valence-electron chi connectivity index (χ0n) is 12.0. The number of rotatable bonds is 6. The molecule has 0 bridgehead atoms. The second-order valence-electron chi connectivity index (χ2n) is 4.69. The maximum absolute atomic E-state index is 12.8. The van der Waals surface area contributed by atoms with Crippen molar-refractivity contribution in [1.82, 2.24) is 0 Å². The third-order valence-electron chi connectivity index (χ3n) is 3.01. The van der Waals surface area contributed by atoms with Crippen molar-refractivity contribution >= 4 is 25.8 Å². The highest BCUT2D eigenvalue weighted by Crippen LogP contribution is 2.32. The summed E-state index contributed by atoms with van der Waals surface area (Å²) in [6, 6.07) is 2.44. The molecule has 0 aromatic heterocycles. The monoisotopic (exact) mass is 338 g/mol. The first kappa shape index (κ1) is 18.7. The van der Waals surface area contributed by atoms with E-state index in [-0.39, 0.29) is 11.5 Å². The van der Waals surface area contributed by atoms with Crippen molar-refractivity contribution in [2.75, 3.05) is 5.75 Å². The van der Waals surface area contributed by atoms with Crippen LogP contribution in [0.15, 0.2) is 12.1 Å². The van der Waals surface area contributed by atoms with Gasteiger partial charge in [-0.25, -0.2) is 0 Å². The van der Waals surface area contributed by atoms with Gasteiger partial charge in [0.25, 0.3) is 10.1 Å². The van der Waals surface area contributed by atoms with Gasteiger partial charge in [0, 0.05) is 0 Å². The molecule has 1 atom stereocenters. The van der Waals surface area contributed by atoms with Crippen LogP contribution in [-0.2, 0) is 22.8 Å². The number of halogens is 3. The van der Waals surface area contributed by atoms with E-state index < -0.39 is 28.2 Å². The summed E-state index contributed by atoms with van der Waals surface area (Å²) >= 11 is 0. The highest BCUT2D eigenvalue weighted by molar-refractivity contribution is 7.85. The molecule has 0 radical (unpaired) electrons. The van der Waals surface area contributed by atoms with Crippen molar-refractivity contribution in [3.8, 4) is 11.5 Å². The van der Waals surface area contributed by atoms with E-state index in [9.17, 15) is 26.7 Å².